The Hall–Kier alpha value is -3.41. The number of para-hydroxylation sites is 2. The van der Waals surface area contributed by atoms with Crippen LogP contribution in [0.5, 0.6) is 0 Å². The van der Waals surface area contributed by atoms with Gasteiger partial charge in [0.1, 0.15) is 12.2 Å². The zero-order valence-corrected chi connectivity index (χ0v) is 14.7. The van der Waals surface area contributed by atoms with Gasteiger partial charge in [-0.05, 0) is 49.2 Å². The molecular weight excluding hydrogens is 338 g/mol. The molecule has 1 aliphatic rings. The molecule has 6 heteroatoms. The van der Waals surface area contributed by atoms with Crippen LogP contribution in [0.4, 0.5) is 0 Å². The smallest absolute Gasteiger partial charge is 0.254 e. The minimum Gasteiger partial charge on any atom is -0.347 e. The summed E-state index contributed by atoms with van der Waals surface area (Å²) in [6.07, 6.45) is 7.30. The zero-order chi connectivity index (χ0) is 18.2. The molecule has 3 heterocycles. The maximum absolute atomic E-state index is 13.0. The quantitative estimate of drug-likeness (QED) is 0.607. The number of hydrogen-bond donors (Lipinski definition) is 1. The average Bonchev–Trinajstić information content (AvgIpc) is 3.47. The van der Waals surface area contributed by atoms with Crippen molar-refractivity contribution in [2.75, 3.05) is 6.54 Å². The molecule has 0 radical (unpaired) electrons. The Bertz CT molecular complexity index is 1080. The van der Waals surface area contributed by atoms with Crippen LogP contribution in [-0.2, 0) is 0 Å². The van der Waals surface area contributed by atoms with E-state index in [0.29, 0.717) is 5.56 Å². The van der Waals surface area contributed by atoms with Crippen LogP contribution in [0.25, 0.3) is 16.7 Å². The monoisotopic (exact) mass is 357 g/mol. The Morgan fingerprint density at radius 3 is 2.74 bits per heavy atom. The Balaban J connectivity index is 1.42. The van der Waals surface area contributed by atoms with Gasteiger partial charge in [0.2, 0.25) is 0 Å². The van der Waals surface area contributed by atoms with Crippen LogP contribution >= 0.6 is 0 Å². The number of carbonyl (C=O) groups is 1. The van der Waals surface area contributed by atoms with Crippen molar-refractivity contribution in [2.24, 2.45) is 0 Å². The van der Waals surface area contributed by atoms with Crippen molar-refractivity contribution >= 4 is 16.9 Å². The van der Waals surface area contributed by atoms with Crippen LogP contribution in [0, 0.1) is 0 Å². The molecule has 5 rings (SSSR count). The first-order valence-corrected chi connectivity index (χ1v) is 9.14. The van der Waals surface area contributed by atoms with Crippen LogP contribution < -0.4 is 0 Å². The van der Waals surface area contributed by atoms with Crippen molar-refractivity contribution in [2.45, 2.75) is 18.9 Å². The summed E-state index contributed by atoms with van der Waals surface area (Å²) in [5, 5.41) is 0. The predicted octanol–water partition coefficient (Wildman–Crippen LogP) is 3.73. The first-order chi connectivity index (χ1) is 13.3. The molecule has 0 saturated carbocycles. The first kappa shape index (κ1) is 15.8. The lowest BCUT2D eigenvalue weighted by Crippen LogP contribution is -2.31. The largest absolute Gasteiger partial charge is 0.347 e. The third kappa shape index (κ3) is 2.70. The van der Waals surface area contributed by atoms with E-state index in [-0.39, 0.29) is 11.9 Å². The second-order valence-electron chi connectivity index (χ2n) is 6.78. The average molecular weight is 357 g/mol. The van der Waals surface area contributed by atoms with Crippen molar-refractivity contribution in [1.29, 1.82) is 0 Å². The van der Waals surface area contributed by atoms with Gasteiger partial charge in [-0.2, -0.15) is 0 Å². The summed E-state index contributed by atoms with van der Waals surface area (Å²) in [6, 6.07) is 15.8. The predicted molar refractivity (Wildman–Crippen MR) is 103 cm³/mol. The highest BCUT2D eigenvalue weighted by atomic mass is 16.2. The van der Waals surface area contributed by atoms with E-state index >= 15 is 0 Å². The fourth-order valence-corrected chi connectivity index (χ4v) is 3.85. The number of aromatic amines is 1. The number of benzene rings is 2. The number of imidazole rings is 2. The van der Waals surface area contributed by atoms with E-state index in [1.54, 1.807) is 12.4 Å². The van der Waals surface area contributed by atoms with Gasteiger partial charge in [0.25, 0.3) is 5.91 Å². The van der Waals surface area contributed by atoms with Gasteiger partial charge in [-0.1, -0.05) is 12.1 Å². The second kappa shape index (κ2) is 6.39. The number of amides is 1. The molecule has 1 unspecified atom stereocenters. The van der Waals surface area contributed by atoms with E-state index < -0.39 is 0 Å². The van der Waals surface area contributed by atoms with E-state index in [1.165, 1.54) is 0 Å². The van der Waals surface area contributed by atoms with Gasteiger partial charge in [0.05, 0.1) is 17.1 Å². The van der Waals surface area contributed by atoms with Gasteiger partial charge >= 0.3 is 0 Å². The molecule has 6 nitrogen and oxygen atoms in total. The van der Waals surface area contributed by atoms with E-state index in [2.05, 4.69) is 15.0 Å². The molecule has 0 bridgehead atoms. The number of rotatable bonds is 3. The van der Waals surface area contributed by atoms with Crippen molar-refractivity contribution in [1.82, 2.24) is 24.4 Å². The SMILES string of the molecule is O=C(c1ccc(-n2cnc3ccccc32)cc1)N1CCCC1c1ncc[nH]1. The van der Waals surface area contributed by atoms with Crippen LogP contribution in [0.2, 0.25) is 0 Å². The Morgan fingerprint density at radius 1 is 1.07 bits per heavy atom. The summed E-state index contributed by atoms with van der Waals surface area (Å²) in [5.74, 6) is 0.915. The van der Waals surface area contributed by atoms with Gasteiger partial charge in [-0.25, -0.2) is 9.97 Å². The fraction of sp³-hybridized carbons (Fsp3) is 0.190. The summed E-state index contributed by atoms with van der Waals surface area (Å²) in [7, 11) is 0. The molecule has 1 amide bonds. The molecule has 27 heavy (non-hydrogen) atoms. The molecule has 2 aromatic heterocycles. The van der Waals surface area contributed by atoms with Crippen LogP contribution in [-0.4, -0.2) is 36.9 Å². The van der Waals surface area contributed by atoms with Crippen LogP contribution in [0.3, 0.4) is 0 Å². The first-order valence-electron chi connectivity index (χ1n) is 9.14. The summed E-state index contributed by atoms with van der Waals surface area (Å²) in [5.41, 5.74) is 3.69. The Kier molecular flexibility index (Phi) is 3.74. The number of carbonyl (C=O) groups excluding carboxylic acids is 1. The molecule has 1 saturated heterocycles. The second-order valence-corrected chi connectivity index (χ2v) is 6.78. The number of aromatic nitrogens is 4. The molecule has 0 spiro atoms. The van der Waals surface area contributed by atoms with Crippen LogP contribution in [0.1, 0.15) is 35.1 Å². The van der Waals surface area contributed by atoms with Gasteiger partial charge in [-0.3, -0.25) is 9.36 Å². The fourth-order valence-electron chi connectivity index (χ4n) is 3.85. The van der Waals surface area contributed by atoms with E-state index in [0.717, 1.165) is 41.9 Å². The van der Waals surface area contributed by atoms with Crippen molar-refractivity contribution < 1.29 is 4.79 Å². The topological polar surface area (TPSA) is 66.8 Å². The van der Waals surface area contributed by atoms with E-state index in [1.807, 2.05) is 64.3 Å². The number of hydrogen-bond acceptors (Lipinski definition) is 3. The van der Waals surface area contributed by atoms with Gasteiger partial charge in [0, 0.05) is 30.2 Å². The summed E-state index contributed by atoms with van der Waals surface area (Å²) < 4.78 is 2.03. The van der Waals surface area contributed by atoms with Gasteiger partial charge < -0.3 is 9.88 Å². The molecule has 0 aliphatic carbocycles. The van der Waals surface area contributed by atoms with Crippen molar-refractivity contribution in [3.63, 3.8) is 0 Å². The third-order valence-electron chi connectivity index (χ3n) is 5.19. The maximum atomic E-state index is 13.0. The summed E-state index contributed by atoms with van der Waals surface area (Å²) in [6.45, 7) is 0.762. The lowest BCUT2D eigenvalue weighted by molar-refractivity contribution is 0.0730. The number of likely N-dealkylation sites (tertiary alicyclic amines) is 1. The standard InChI is InChI=1S/C21H19N5O/c27-21(25-13-3-6-19(25)20-22-11-12-23-20)15-7-9-16(10-8-15)26-14-24-17-4-1-2-5-18(17)26/h1-2,4-5,7-12,14,19H,3,6,13H2,(H,22,23). The number of H-pyrrole nitrogens is 1. The molecule has 134 valence electrons. The number of fused-ring (bicyclic) bond motifs is 1. The highest BCUT2D eigenvalue weighted by Gasteiger charge is 2.32. The molecule has 1 aliphatic heterocycles. The molecule has 1 N–H and O–H groups in total. The lowest BCUT2D eigenvalue weighted by Gasteiger charge is -2.23. The molecule has 1 fully saturated rings. The zero-order valence-electron chi connectivity index (χ0n) is 14.7. The molecule has 4 aromatic rings. The van der Waals surface area contributed by atoms with Gasteiger partial charge in [0.15, 0.2) is 0 Å². The Labute approximate surface area is 156 Å². The highest BCUT2D eigenvalue weighted by Crippen LogP contribution is 2.31. The normalized spacial score (nSPS) is 16.9. The summed E-state index contributed by atoms with van der Waals surface area (Å²) >= 11 is 0. The summed E-state index contributed by atoms with van der Waals surface area (Å²) in [4.78, 5) is 26.9. The lowest BCUT2D eigenvalue weighted by atomic mass is 10.1. The van der Waals surface area contributed by atoms with E-state index in [9.17, 15) is 4.79 Å². The number of nitrogens with one attached hydrogen (secondary N) is 1. The third-order valence-corrected chi connectivity index (χ3v) is 5.19. The molecule has 2 aromatic carbocycles. The minimum atomic E-state index is 0.0322. The van der Waals surface area contributed by atoms with Crippen molar-refractivity contribution in [3.05, 3.63) is 78.6 Å². The van der Waals surface area contributed by atoms with E-state index in [4.69, 9.17) is 0 Å². The highest BCUT2D eigenvalue weighted by molar-refractivity contribution is 5.95. The minimum absolute atomic E-state index is 0.0322. The van der Waals surface area contributed by atoms with Crippen molar-refractivity contribution in [3.8, 4) is 5.69 Å². The molecule has 1 atom stereocenters. The number of nitrogens with zero attached hydrogens (tertiary/aromatic N) is 4. The van der Waals surface area contributed by atoms with Gasteiger partial charge in [-0.15, -0.1) is 0 Å². The Morgan fingerprint density at radius 2 is 1.93 bits per heavy atom. The molecular formula is C21H19N5O. The van der Waals surface area contributed by atoms with Crippen LogP contribution in [0.15, 0.2) is 67.3 Å². The maximum Gasteiger partial charge on any atom is 0.254 e.